The topological polar surface area (TPSA) is 55.1 Å². The third kappa shape index (κ3) is 4.16. The summed E-state index contributed by atoms with van der Waals surface area (Å²) in [6.07, 6.45) is 0.728. The molecule has 3 aromatic carbocycles. The summed E-state index contributed by atoms with van der Waals surface area (Å²) in [6, 6.07) is 30.2. The van der Waals surface area contributed by atoms with Gasteiger partial charge in [-0.15, -0.1) is 0 Å². The molecule has 0 bridgehead atoms. The third-order valence-corrected chi connectivity index (χ3v) is 12.4. The van der Waals surface area contributed by atoms with Crippen molar-refractivity contribution in [3.63, 3.8) is 0 Å². The molecule has 1 unspecified atom stereocenters. The second kappa shape index (κ2) is 9.01. The van der Waals surface area contributed by atoms with Gasteiger partial charge in [-0.1, -0.05) is 0 Å². The number of nitrogens with one attached hydrogen (secondary N) is 1. The van der Waals surface area contributed by atoms with Gasteiger partial charge in [-0.2, -0.15) is 0 Å². The van der Waals surface area contributed by atoms with E-state index in [2.05, 4.69) is 90.4 Å². The van der Waals surface area contributed by atoms with Crippen molar-refractivity contribution in [2.75, 3.05) is 0 Å². The summed E-state index contributed by atoms with van der Waals surface area (Å²) in [6.45, 7) is 2.00. The van der Waals surface area contributed by atoms with Gasteiger partial charge < -0.3 is 0 Å². The number of amides is 1. The molecule has 3 aromatic rings. The molecule has 4 heteroatoms. The second-order valence-electron chi connectivity index (χ2n) is 6.20. The minimum absolute atomic E-state index is 0.134. The predicted octanol–water partition coefficient (Wildman–Crippen LogP) is 1.69. The Morgan fingerprint density at radius 2 is 1.31 bits per heavy atom. The number of carbonyl (C=O) groups excluding carboxylic acids is 1. The third-order valence-electron chi connectivity index (χ3n) is 4.59. The van der Waals surface area contributed by atoms with Gasteiger partial charge in [0.2, 0.25) is 0 Å². The molecule has 0 saturated carbocycles. The summed E-state index contributed by atoms with van der Waals surface area (Å²) < 4.78 is 4.29. The Labute approximate surface area is 162 Å². The fourth-order valence-electron chi connectivity index (χ4n) is 3.26. The first-order chi connectivity index (χ1) is 12.7. The van der Waals surface area contributed by atoms with Crippen LogP contribution in [0.3, 0.4) is 0 Å². The van der Waals surface area contributed by atoms with Crippen LogP contribution in [-0.2, 0) is 4.79 Å². The van der Waals surface area contributed by atoms with Gasteiger partial charge in [-0.3, -0.25) is 0 Å². The fraction of sp³-hybridized carbons (Fsp3) is 0.136. The van der Waals surface area contributed by atoms with Crippen molar-refractivity contribution in [2.24, 2.45) is 5.84 Å². The molecule has 26 heavy (non-hydrogen) atoms. The van der Waals surface area contributed by atoms with Crippen molar-refractivity contribution in [3.8, 4) is 0 Å². The molecule has 0 aliphatic rings. The number of carbonyl (C=O) groups is 1. The van der Waals surface area contributed by atoms with E-state index in [1.807, 2.05) is 6.92 Å². The van der Waals surface area contributed by atoms with E-state index in [0.717, 1.165) is 12.0 Å². The second-order valence-corrected chi connectivity index (χ2v) is 13.3. The summed E-state index contributed by atoms with van der Waals surface area (Å²) >= 11 is -2.23. The molecule has 3 rings (SSSR count). The van der Waals surface area contributed by atoms with E-state index in [1.54, 1.807) is 0 Å². The number of nitrogens with two attached hydrogens (primary N) is 1. The van der Waals surface area contributed by atoms with Crippen LogP contribution >= 0.6 is 0 Å². The number of benzene rings is 3. The van der Waals surface area contributed by atoms with Crippen LogP contribution in [0.2, 0.25) is 0 Å². The molecule has 0 aliphatic carbocycles. The number of hydrogen-bond acceptors (Lipinski definition) is 2. The van der Waals surface area contributed by atoms with Gasteiger partial charge in [0.15, 0.2) is 0 Å². The molecule has 1 amide bonds. The maximum absolute atomic E-state index is 12.0. The Morgan fingerprint density at radius 1 is 0.846 bits per heavy atom. The van der Waals surface area contributed by atoms with Crippen LogP contribution in [0.1, 0.15) is 24.8 Å². The standard InChI is InChI=1S/C10H13N2O.2C6H5.Sn/c1-2-9(10(13)12-11)8-6-4-3-5-7-8;2*1-2-4-6-5-3-1;/h4-7,9H,2,11H2,1H3,(H,12,13);2*1-5H;. The van der Waals surface area contributed by atoms with Crippen LogP contribution in [0.25, 0.3) is 0 Å². The zero-order chi connectivity index (χ0) is 18.4. The van der Waals surface area contributed by atoms with Gasteiger partial charge in [0.25, 0.3) is 0 Å². The predicted molar refractivity (Wildman–Crippen MR) is 109 cm³/mol. The van der Waals surface area contributed by atoms with Gasteiger partial charge in [-0.25, -0.2) is 0 Å². The Morgan fingerprint density at radius 3 is 1.73 bits per heavy atom. The van der Waals surface area contributed by atoms with Crippen LogP contribution in [0.15, 0.2) is 84.9 Å². The molecule has 3 nitrogen and oxygen atoms in total. The monoisotopic (exact) mass is 451 g/mol. The zero-order valence-corrected chi connectivity index (χ0v) is 17.7. The zero-order valence-electron chi connectivity index (χ0n) is 14.9. The van der Waals surface area contributed by atoms with Gasteiger partial charge in [0.1, 0.15) is 0 Å². The van der Waals surface area contributed by atoms with E-state index < -0.39 is 19.8 Å². The van der Waals surface area contributed by atoms with Crippen LogP contribution in [0, 0.1) is 0 Å². The van der Waals surface area contributed by atoms with E-state index in [1.165, 1.54) is 10.7 Å². The molecule has 0 saturated heterocycles. The van der Waals surface area contributed by atoms with Crippen molar-refractivity contribution >= 4 is 36.4 Å². The first-order valence-corrected chi connectivity index (χ1v) is 13.1. The normalized spacial score (nSPS) is 12.0. The van der Waals surface area contributed by atoms with E-state index in [-0.39, 0.29) is 11.8 Å². The van der Waals surface area contributed by atoms with E-state index in [4.69, 9.17) is 5.84 Å². The maximum atomic E-state index is 12.0. The van der Waals surface area contributed by atoms with Crippen LogP contribution < -0.4 is 22.0 Å². The molecule has 1 atom stereocenters. The Kier molecular flexibility index (Phi) is 6.47. The van der Waals surface area contributed by atoms with Crippen LogP contribution in [0.4, 0.5) is 0 Å². The fourth-order valence-corrected chi connectivity index (χ4v) is 10.5. The average molecular weight is 450 g/mol. The van der Waals surface area contributed by atoms with Gasteiger partial charge in [0, 0.05) is 0 Å². The van der Waals surface area contributed by atoms with E-state index in [9.17, 15) is 4.79 Å². The van der Waals surface area contributed by atoms with Gasteiger partial charge >= 0.3 is 162 Å². The molecule has 0 heterocycles. The SMILES string of the molecule is CCC(C(=O)NN)c1cc[c]([Sn]([c]2ccccc2)[c]2ccccc2)cc1. The molecule has 0 fully saturated rings. The number of hydrogen-bond donors (Lipinski definition) is 2. The van der Waals surface area contributed by atoms with Crippen LogP contribution in [0.5, 0.6) is 0 Å². The molecular formula is C22H23N2OSn. The van der Waals surface area contributed by atoms with E-state index >= 15 is 0 Å². The molecule has 3 N–H and O–H groups in total. The molecular weight excluding hydrogens is 427 g/mol. The molecule has 131 valence electrons. The van der Waals surface area contributed by atoms with Crippen LogP contribution in [-0.4, -0.2) is 25.7 Å². The van der Waals surface area contributed by atoms with Crippen molar-refractivity contribution in [1.82, 2.24) is 5.43 Å². The first kappa shape index (κ1) is 18.7. The van der Waals surface area contributed by atoms with Crippen molar-refractivity contribution in [2.45, 2.75) is 19.3 Å². The summed E-state index contributed by atoms with van der Waals surface area (Å²) in [5.74, 6) is 4.99. The Hall–Kier alpha value is -2.11. The van der Waals surface area contributed by atoms with Crippen molar-refractivity contribution in [3.05, 3.63) is 90.5 Å². The molecule has 0 aromatic heterocycles. The van der Waals surface area contributed by atoms with Crippen molar-refractivity contribution < 1.29 is 4.79 Å². The summed E-state index contributed by atoms with van der Waals surface area (Å²) in [7, 11) is 0. The number of rotatable bonds is 6. The first-order valence-electron chi connectivity index (χ1n) is 8.83. The number of hydrazine groups is 1. The summed E-state index contributed by atoms with van der Waals surface area (Å²) in [5.41, 5.74) is 3.29. The Balaban J connectivity index is 1.99. The summed E-state index contributed by atoms with van der Waals surface area (Å²) in [4.78, 5) is 12.0. The van der Waals surface area contributed by atoms with E-state index in [0.29, 0.717) is 0 Å². The molecule has 1 radical (unpaired) electrons. The van der Waals surface area contributed by atoms with Gasteiger partial charge in [-0.05, 0) is 0 Å². The molecule has 0 aliphatic heterocycles. The summed E-state index contributed by atoms with van der Waals surface area (Å²) in [5, 5.41) is 0. The quantitative estimate of drug-likeness (QED) is 0.260. The minimum atomic E-state index is -2.23. The average Bonchev–Trinajstić information content (AvgIpc) is 2.71. The molecule has 0 spiro atoms. The van der Waals surface area contributed by atoms with Crippen molar-refractivity contribution in [1.29, 1.82) is 0 Å². The Bertz CT molecular complexity index is 796. The van der Waals surface area contributed by atoms with Gasteiger partial charge in [0.05, 0.1) is 0 Å².